The van der Waals surface area contributed by atoms with E-state index < -0.39 is 34.1 Å². The molecule has 8 heteroatoms. The number of carbonyl (C=O) groups is 2. The Balaban J connectivity index is 2.11. The molecule has 0 aliphatic rings. The molecular formula is C32H41N3O4S. The van der Waals surface area contributed by atoms with Gasteiger partial charge in [-0.1, -0.05) is 55.5 Å². The Hall–Kier alpha value is -3.65. The molecule has 3 aromatic carbocycles. The maximum atomic E-state index is 14.2. The fraction of sp³-hybridized carbons (Fsp3) is 0.375. The second-order valence-electron chi connectivity index (χ2n) is 11.3. The van der Waals surface area contributed by atoms with Crippen LogP contribution in [0.5, 0.6) is 0 Å². The Morgan fingerprint density at radius 2 is 1.45 bits per heavy atom. The Morgan fingerprint density at radius 1 is 0.875 bits per heavy atom. The first-order valence-corrected chi connectivity index (χ1v) is 15.0. The van der Waals surface area contributed by atoms with Crippen molar-refractivity contribution in [2.24, 2.45) is 0 Å². The van der Waals surface area contributed by atoms with Gasteiger partial charge in [0, 0.05) is 12.1 Å². The fourth-order valence-corrected chi connectivity index (χ4v) is 6.11. The largest absolute Gasteiger partial charge is 0.350 e. The molecule has 1 unspecified atom stereocenters. The van der Waals surface area contributed by atoms with Crippen LogP contribution in [0.15, 0.2) is 77.7 Å². The molecular weight excluding hydrogens is 522 g/mol. The van der Waals surface area contributed by atoms with Crippen molar-refractivity contribution < 1.29 is 18.0 Å². The van der Waals surface area contributed by atoms with Gasteiger partial charge in [-0.15, -0.1) is 0 Å². The van der Waals surface area contributed by atoms with E-state index in [1.807, 2.05) is 78.8 Å². The molecule has 0 aliphatic carbocycles. The monoisotopic (exact) mass is 563 g/mol. The van der Waals surface area contributed by atoms with Crippen molar-refractivity contribution in [2.45, 2.75) is 77.9 Å². The molecule has 0 saturated heterocycles. The molecule has 0 saturated carbocycles. The maximum absolute atomic E-state index is 14.2. The zero-order valence-electron chi connectivity index (χ0n) is 24.6. The van der Waals surface area contributed by atoms with E-state index in [0.717, 1.165) is 26.6 Å². The number of hydrogen-bond donors (Lipinski definition) is 1. The summed E-state index contributed by atoms with van der Waals surface area (Å²) in [7, 11) is -4.09. The molecule has 0 heterocycles. The van der Waals surface area contributed by atoms with Gasteiger partial charge in [-0.05, 0) is 94.5 Å². The third kappa shape index (κ3) is 7.72. The lowest BCUT2D eigenvalue weighted by molar-refractivity contribution is -0.141. The number of sulfonamides is 1. The lowest BCUT2D eigenvalue weighted by atomic mass is 10.0. The van der Waals surface area contributed by atoms with E-state index in [9.17, 15) is 18.0 Å². The lowest BCUT2D eigenvalue weighted by Crippen LogP contribution is -2.55. The van der Waals surface area contributed by atoms with Crippen molar-refractivity contribution in [1.29, 1.82) is 0 Å². The van der Waals surface area contributed by atoms with Crippen molar-refractivity contribution in [3.63, 3.8) is 0 Å². The first-order chi connectivity index (χ1) is 18.7. The first kappa shape index (κ1) is 30.9. The average Bonchev–Trinajstić information content (AvgIpc) is 2.87. The third-order valence-corrected chi connectivity index (χ3v) is 8.38. The summed E-state index contributed by atoms with van der Waals surface area (Å²) in [5.74, 6) is -0.737. The summed E-state index contributed by atoms with van der Waals surface area (Å²) in [6, 6.07) is 20.5. The SMILES string of the molecule is CCC(C(=O)NC(C)(C)C)N(Cc1ccccc1C)C(=O)CN(c1cc(C)cc(C)c1)S(=O)(=O)c1ccccc1. The second kappa shape index (κ2) is 12.7. The highest BCUT2D eigenvalue weighted by molar-refractivity contribution is 7.92. The van der Waals surface area contributed by atoms with Gasteiger partial charge in [-0.25, -0.2) is 8.42 Å². The molecule has 0 radical (unpaired) electrons. The van der Waals surface area contributed by atoms with Crippen LogP contribution in [0.25, 0.3) is 0 Å². The van der Waals surface area contributed by atoms with Gasteiger partial charge in [0.05, 0.1) is 10.6 Å². The minimum atomic E-state index is -4.09. The van der Waals surface area contributed by atoms with E-state index in [0.29, 0.717) is 12.1 Å². The summed E-state index contributed by atoms with van der Waals surface area (Å²) in [6.45, 7) is 13.0. The normalized spacial score (nSPS) is 12.5. The number of amides is 2. The zero-order chi connectivity index (χ0) is 29.7. The molecule has 7 nitrogen and oxygen atoms in total. The molecule has 2 amide bonds. The smallest absolute Gasteiger partial charge is 0.264 e. The van der Waals surface area contributed by atoms with Gasteiger partial charge in [0.1, 0.15) is 12.6 Å². The minimum absolute atomic E-state index is 0.0879. The summed E-state index contributed by atoms with van der Waals surface area (Å²) >= 11 is 0. The summed E-state index contributed by atoms with van der Waals surface area (Å²) in [5.41, 5.74) is 3.53. The standard InChI is InChI=1S/C32H41N3O4S/c1-8-29(31(37)33-32(5,6)7)34(21-26-15-13-12-14-25(26)4)30(36)22-35(27-19-23(2)18-24(3)20-27)40(38,39)28-16-10-9-11-17-28/h9-20,29H,8,21-22H2,1-7H3,(H,33,37). The summed E-state index contributed by atoms with van der Waals surface area (Å²) in [6.07, 6.45) is 0.370. The second-order valence-corrected chi connectivity index (χ2v) is 13.1. The lowest BCUT2D eigenvalue weighted by Gasteiger charge is -2.35. The van der Waals surface area contributed by atoms with E-state index in [1.54, 1.807) is 30.3 Å². The zero-order valence-corrected chi connectivity index (χ0v) is 25.4. The van der Waals surface area contributed by atoms with Crippen molar-refractivity contribution in [2.75, 3.05) is 10.8 Å². The fourth-order valence-electron chi connectivity index (χ4n) is 4.69. The molecule has 40 heavy (non-hydrogen) atoms. The number of nitrogens with one attached hydrogen (secondary N) is 1. The summed E-state index contributed by atoms with van der Waals surface area (Å²) < 4.78 is 29.1. The summed E-state index contributed by atoms with van der Waals surface area (Å²) in [5, 5.41) is 3.00. The Bertz CT molecular complexity index is 1430. The van der Waals surface area contributed by atoms with E-state index in [-0.39, 0.29) is 17.3 Å². The molecule has 0 bridgehead atoms. The topological polar surface area (TPSA) is 86.8 Å². The predicted molar refractivity (Wildman–Crippen MR) is 161 cm³/mol. The molecule has 3 aromatic rings. The van der Waals surface area contributed by atoms with Crippen LogP contribution in [0.1, 0.15) is 56.4 Å². The highest BCUT2D eigenvalue weighted by Crippen LogP contribution is 2.27. The van der Waals surface area contributed by atoms with Crippen LogP contribution in [0.4, 0.5) is 5.69 Å². The van der Waals surface area contributed by atoms with Crippen LogP contribution in [0.3, 0.4) is 0 Å². The van der Waals surface area contributed by atoms with E-state index in [4.69, 9.17) is 0 Å². The van der Waals surface area contributed by atoms with Gasteiger partial charge < -0.3 is 10.2 Å². The van der Waals surface area contributed by atoms with Gasteiger partial charge in [-0.3, -0.25) is 13.9 Å². The van der Waals surface area contributed by atoms with E-state index in [1.165, 1.54) is 17.0 Å². The van der Waals surface area contributed by atoms with Crippen molar-refractivity contribution in [3.05, 3.63) is 95.1 Å². The van der Waals surface area contributed by atoms with E-state index >= 15 is 0 Å². The number of rotatable bonds is 10. The Kier molecular flexibility index (Phi) is 9.79. The molecule has 1 atom stereocenters. The molecule has 0 spiro atoms. The van der Waals surface area contributed by atoms with Crippen LogP contribution >= 0.6 is 0 Å². The van der Waals surface area contributed by atoms with Crippen molar-refractivity contribution in [3.8, 4) is 0 Å². The number of nitrogens with zero attached hydrogens (tertiary/aromatic N) is 2. The highest BCUT2D eigenvalue weighted by Gasteiger charge is 2.34. The van der Waals surface area contributed by atoms with Crippen molar-refractivity contribution >= 4 is 27.5 Å². The first-order valence-electron chi connectivity index (χ1n) is 13.5. The third-order valence-electron chi connectivity index (χ3n) is 6.59. The number of aryl methyl sites for hydroxylation is 3. The van der Waals surface area contributed by atoms with Gasteiger partial charge in [-0.2, -0.15) is 0 Å². The van der Waals surface area contributed by atoms with E-state index in [2.05, 4.69) is 5.32 Å². The van der Waals surface area contributed by atoms with Gasteiger partial charge in [0.2, 0.25) is 11.8 Å². The maximum Gasteiger partial charge on any atom is 0.264 e. The van der Waals surface area contributed by atoms with Gasteiger partial charge in [0.15, 0.2) is 0 Å². The van der Waals surface area contributed by atoms with Crippen LogP contribution in [0.2, 0.25) is 0 Å². The Morgan fingerprint density at radius 3 is 2.00 bits per heavy atom. The molecule has 0 fully saturated rings. The number of hydrogen-bond acceptors (Lipinski definition) is 4. The minimum Gasteiger partial charge on any atom is -0.350 e. The number of carbonyl (C=O) groups excluding carboxylic acids is 2. The predicted octanol–water partition coefficient (Wildman–Crippen LogP) is 5.53. The molecule has 214 valence electrons. The average molecular weight is 564 g/mol. The molecule has 1 N–H and O–H groups in total. The van der Waals surface area contributed by atoms with Crippen LogP contribution in [-0.4, -0.2) is 43.3 Å². The van der Waals surface area contributed by atoms with Gasteiger partial charge >= 0.3 is 0 Å². The molecule has 0 aliphatic heterocycles. The van der Waals surface area contributed by atoms with Crippen LogP contribution in [-0.2, 0) is 26.2 Å². The highest BCUT2D eigenvalue weighted by atomic mass is 32.2. The molecule has 0 aromatic heterocycles. The summed E-state index contributed by atoms with van der Waals surface area (Å²) in [4.78, 5) is 29.2. The quantitative estimate of drug-likeness (QED) is 0.352. The van der Waals surface area contributed by atoms with Gasteiger partial charge in [0.25, 0.3) is 10.0 Å². The van der Waals surface area contributed by atoms with Crippen LogP contribution in [0, 0.1) is 20.8 Å². The Labute approximate surface area is 239 Å². The number of anilines is 1. The van der Waals surface area contributed by atoms with Crippen LogP contribution < -0.4 is 9.62 Å². The van der Waals surface area contributed by atoms with Crippen molar-refractivity contribution in [1.82, 2.24) is 10.2 Å². The molecule has 3 rings (SSSR count). The number of benzene rings is 3.